The van der Waals surface area contributed by atoms with Crippen molar-refractivity contribution in [3.63, 3.8) is 0 Å². The van der Waals surface area contributed by atoms with Crippen molar-refractivity contribution in [3.05, 3.63) is 6.54 Å². The summed E-state index contributed by atoms with van der Waals surface area (Å²) in [6.45, 7) is 3.98. The van der Waals surface area contributed by atoms with E-state index in [1.54, 1.807) is 0 Å². The predicted molar refractivity (Wildman–Crippen MR) is 52.7 cm³/mol. The third kappa shape index (κ3) is 2.63. The van der Waals surface area contributed by atoms with Gasteiger partial charge in [-0.25, -0.2) is 0 Å². The van der Waals surface area contributed by atoms with E-state index in [9.17, 15) is 0 Å². The Labute approximate surface area is 74.7 Å². The summed E-state index contributed by atoms with van der Waals surface area (Å²) in [5.74, 6) is 0. The molecule has 3 nitrogen and oxygen atoms in total. The van der Waals surface area contributed by atoms with Gasteiger partial charge < -0.3 is 16.0 Å². The van der Waals surface area contributed by atoms with Gasteiger partial charge in [-0.3, -0.25) is 0 Å². The van der Waals surface area contributed by atoms with E-state index in [1.165, 1.54) is 0 Å². The summed E-state index contributed by atoms with van der Waals surface area (Å²) in [5.41, 5.74) is -0.238. The van der Waals surface area contributed by atoms with Crippen LogP contribution in [0.15, 0.2) is 0 Å². The molecule has 3 N–H and O–H groups in total. The molecule has 0 aliphatic carbocycles. The van der Waals surface area contributed by atoms with E-state index in [2.05, 4.69) is 28.6 Å². The molecule has 0 saturated heterocycles. The SMILES string of the molecule is CN[CH]C(NC)(NC)[C@H](C)S. The van der Waals surface area contributed by atoms with E-state index in [-0.39, 0.29) is 10.9 Å². The van der Waals surface area contributed by atoms with Gasteiger partial charge in [0, 0.05) is 5.25 Å². The summed E-state index contributed by atoms with van der Waals surface area (Å²) in [6.07, 6.45) is 0. The second kappa shape index (κ2) is 4.98. The Bertz CT molecular complexity index is 102. The van der Waals surface area contributed by atoms with E-state index in [1.807, 2.05) is 34.6 Å². The fourth-order valence-corrected chi connectivity index (χ4v) is 1.37. The molecule has 0 unspecified atom stereocenters. The number of hydrogen-bond donors (Lipinski definition) is 4. The van der Waals surface area contributed by atoms with Crippen molar-refractivity contribution in [3.8, 4) is 0 Å². The summed E-state index contributed by atoms with van der Waals surface area (Å²) >= 11 is 4.38. The molecular weight excluding hydrogens is 158 g/mol. The predicted octanol–water partition coefficient (Wildman–Crippen LogP) is -0.179. The monoisotopic (exact) mass is 176 g/mol. The number of hydrogen-bond acceptors (Lipinski definition) is 4. The molecule has 0 aliphatic heterocycles. The first kappa shape index (κ1) is 11.2. The van der Waals surface area contributed by atoms with Crippen LogP contribution in [0, 0.1) is 6.54 Å². The summed E-state index contributed by atoms with van der Waals surface area (Å²) < 4.78 is 0. The molecule has 67 valence electrons. The van der Waals surface area contributed by atoms with Gasteiger partial charge in [0.1, 0.15) is 0 Å². The molecule has 0 rings (SSSR count). The first-order valence-electron chi connectivity index (χ1n) is 3.70. The van der Waals surface area contributed by atoms with Crippen LogP contribution in [0.4, 0.5) is 0 Å². The van der Waals surface area contributed by atoms with Gasteiger partial charge in [-0.15, -0.1) is 0 Å². The normalized spacial score (nSPS) is 15.0. The Kier molecular flexibility index (Phi) is 5.08. The van der Waals surface area contributed by atoms with Gasteiger partial charge in [-0.05, 0) is 21.1 Å². The molecule has 0 aliphatic rings. The lowest BCUT2D eigenvalue weighted by Crippen LogP contribution is -2.61. The highest BCUT2D eigenvalue weighted by molar-refractivity contribution is 7.81. The second-order valence-corrected chi connectivity index (χ2v) is 3.25. The molecule has 0 heterocycles. The summed E-state index contributed by atoms with van der Waals surface area (Å²) in [5, 5.41) is 9.51. The molecule has 4 heteroatoms. The lowest BCUT2D eigenvalue weighted by atomic mass is 10.1. The van der Waals surface area contributed by atoms with Gasteiger partial charge in [-0.2, -0.15) is 12.6 Å². The minimum absolute atomic E-state index is 0.199. The average molecular weight is 176 g/mol. The van der Waals surface area contributed by atoms with Crippen LogP contribution in [0.25, 0.3) is 0 Å². The van der Waals surface area contributed by atoms with Crippen LogP contribution in [0.2, 0.25) is 0 Å². The van der Waals surface area contributed by atoms with Crippen molar-refractivity contribution in [1.82, 2.24) is 16.0 Å². The van der Waals surface area contributed by atoms with Crippen LogP contribution >= 0.6 is 12.6 Å². The fourth-order valence-electron chi connectivity index (χ4n) is 1.04. The van der Waals surface area contributed by atoms with Gasteiger partial charge in [0.05, 0.1) is 12.2 Å². The highest BCUT2D eigenvalue weighted by atomic mass is 32.1. The van der Waals surface area contributed by atoms with E-state index in [0.29, 0.717) is 0 Å². The summed E-state index contributed by atoms with van der Waals surface area (Å²) in [7, 11) is 5.67. The van der Waals surface area contributed by atoms with Crippen LogP contribution in [0.3, 0.4) is 0 Å². The Morgan fingerprint density at radius 2 is 1.73 bits per heavy atom. The van der Waals surface area contributed by atoms with Crippen LogP contribution in [-0.2, 0) is 0 Å². The molecule has 0 saturated carbocycles. The zero-order valence-corrected chi connectivity index (χ0v) is 8.50. The van der Waals surface area contributed by atoms with E-state index in [0.717, 1.165) is 0 Å². The molecule has 0 aromatic carbocycles. The van der Waals surface area contributed by atoms with Crippen molar-refractivity contribution < 1.29 is 0 Å². The van der Waals surface area contributed by atoms with E-state index < -0.39 is 0 Å². The van der Waals surface area contributed by atoms with E-state index >= 15 is 0 Å². The highest BCUT2D eigenvalue weighted by Crippen LogP contribution is 2.13. The molecule has 0 aromatic heterocycles. The largest absolute Gasteiger partial charge is 0.313 e. The van der Waals surface area contributed by atoms with Gasteiger partial charge in [0.2, 0.25) is 0 Å². The lowest BCUT2D eigenvalue weighted by molar-refractivity contribution is 0.330. The quantitative estimate of drug-likeness (QED) is 0.347. The maximum absolute atomic E-state index is 4.38. The standard InChI is InChI=1S/C7H18N3S/c1-6(11)7(9-3,10-4)5-8-2/h5-6,8-11H,1-4H3/t6-/m0/s1. The first-order chi connectivity index (χ1) is 5.13. The molecule has 0 aromatic rings. The maximum Gasteiger partial charge on any atom is 0.0973 e. The Balaban J connectivity index is 4.20. The van der Waals surface area contributed by atoms with E-state index in [4.69, 9.17) is 0 Å². The number of likely N-dealkylation sites (N-methyl/N-ethyl adjacent to an activating group) is 3. The molecule has 1 atom stereocenters. The maximum atomic E-state index is 4.38. The van der Waals surface area contributed by atoms with Crippen LogP contribution in [-0.4, -0.2) is 32.1 Å². The molecular formula is C7H18N3S. The third-order valence-electron chi connectivity index (χ3n) is 1.86. The minimum atomic E-state index is -0.238. The average Bonchev–Trinajstić information content (AvgIpc) is 2.00. The van der Waals surface area contributed by atoms with Gasteiger partial charge in [0.25, 0.3) is 0 Å². The molecule has 11 heavy (non-hydrogen) atoms. The van der Waals surface area contributed by atoms with Crippen molar-refractivity contribution in [2.45, 2.75) is 17.8 Å². The third-order valence-corrected chi connectivity index (χ3v) is 2.27. The van der Waals surface area contributed by atoms with Crippen LogP contribution in [0.5, 0.6) is 0 Å². The number of thiol groups is 1. The Hall–Kier alpha value is 0.230. The zero-order valence-electron chi connectivity index (χ0n) is 7.60. The fraction of sp³-hybridized carbons (Fsp3) is 0.857. The first-order valence-corrected chi connectivity index (χ1v) is 4.22. The number of rotatable bonds is 5. The van der Waals surface area contributed by atoms with Crippen LogP contribution in [0.1, 0.15) is 6.92 Å². The molecule has 0 fully saturated rings. The summed E-state index contributed by atoms with van der Waals surface area (Å²) in [6, 6.07) is 0. The summed E-state index contributed by atoms with van der Waals surface area (Å²) in [4.78, 5) is 0. The topological polar surface area (TPSA) is 36.1 Å². The molecule has 0 bridgehead atoms. The van der Waals surface area contributed by atoms with Crippen molar-refractivity contribution in [1.29, 1.82) is 0 Å². The Morgan fingerprint density at radius 3 is 1.82 bits per heavy atom. The Morgan fingerprint density at radius 1 is 1.27 bits per heavy atom. The van der Waals surface area contributed by atoms with Crippen molar-refractivity contribution in [2.75, 3.05) is 21.1 Å². The lowest BCUT2D eigenvalue weighted by Gasteiger charge is -2.35. The van der Waals surface area contributed by atoms with Gasteiger partial charge in [0.15, 0.2) is 0 Å². The van der Waals surface area contributed by atoms with Crippen molar-refractivity contribution >= 4 is 12.6 Å². The molecule has 1 radical (unpaired) electrons. The smallest absolute Gasteiger partial charge is 0.0973 e. The van der Waals surface area contributed by atoms with Gasteiger partial charge in [-0.1, -0.05) is 6.92 Å². The van der Waals surface area contributed by atoms with Crippen LogP contribution < -0.4 is 16.0 Å². The van der Waals surface area contributed by atoms with Gasteiger partial charge >= 0.3 is 0 Å². The molecule has 0 amide bonds. The highest BCUT2D eigenvalue weighted by Gasteiger charge is 2.30. The van der Waals surface area contributed by atoms with Crippen molar-refractivity contribution in [2.24, 2.45) is 0 Å². The second-order valence-electron chi connectivity index (χ2n) is 2.48. The number of nitrogens with one attached hydrogen (secondary N) is 3. The minimum Gasteiger partial charge on any atom is -0.313 e. The molecule has 0 spiro atoms. The zero-order chi connectivity index (χ0) is 8.91.